The fourth-order valence-corrected chi connectivity index (χ4v) is 2.42. The highest BCUT2D eigenvalue weighted by Crippen LogP contribution is 2.27. The largest absolute Gasteiger partial charge is 0.293 e. The van der Waals surface area contributed by atoms with Crippen LogP contribution in [0.15, 0.2) is 18.2 Å². The van der Waals surface area contributed by atoms with Crippen molar-refractivity contribution in [2.75, 3.05) is 13.1 Å². The van der Waals surface area contributed by atoms with Crippen molar-refractivity contribution in [3.8, 4) is 0 Å². The Hall–Kier alpha value is -1.15. The molecule has 0 atom stereocenters. The first-order valence-corrected chi connectivity index (χ1v) is 6.96. The first-order valence-electron chi connectivity index (χ1n) is 6.96. The summed E-state index contributed by atoms with van der Waals surface area (Å²) in [4.78, 5) is 14.7. The molecule has 0 aromatic heterocycles. The van der Waals surface area contributed by atoms with Crippen LogP contribution in [0.4, 0.5) is 0 Å². The van der Waals surface area contributed by atoms with Crippen LogP contribution in [-0.2, 0) is 0 Å². The molecule has 2 heteroatoms. The zero-order valence-corrected chi connectivity index (χ0v) is 11.7. The van der Waals surface area contributed by atoms with Gasteiger partial charge in [-0.3, -0.25) is 9.69 Å². The standard InChI is InChI=1S/C16H23NO/c1-4-9-17(14-7-8-14)11-16(18)15-10-12(2)5-6-13(15)3/h5-6,10,14H,4,7-9,11H2,1-3H3. The number of Topliss-reactive ketones (excluding diaryl/α,β-unsaturated/α-hetero) is 1. The molecule has 98 valence electrons. The predicted octanol–water partition coefficient (Wildman–Crippen LogP) is 3.36. The summed E-state index contributed by atoms with van der Waals surface area (Å²) in [6.07, 6.45) is 3.65. The summed E-state index contributed by atoms with van der Waals surface area (Å²) in [5.74, 6) is 0.275. The van der Waals surface area contributed by atoms with Gasteiger partial charge >= 0.3 is 0 Å². The van der Waals surface area contributed by atoms with Crippen LogP contribution < -0.4 is 0 Å². The van der Waals surface area contributed by atoms with Gasteiger partial charge in [0.05, 0.1) is 6.54 Å². The van der Waals surface area contributed by atoms with Crippen molar-refractivity contribution in [1.82, 2.24) is 4.90 Å². The highest BCUT2D eigenvalue weighted by atomic mass is 16.1. The molecular formula is C16H23NO. The zero-order chi connectivity index (χ0) is 13.1. The van der Waals surface area contributed by atoms with Gasteiger partial charge in [-0.25, -0.2) is 0 Å². The van der Waals surface area contributed by atoms with Gasteiger partial charge in [-0.05, 0) is 51.3 Å². The van der Waals surface area contributed by atoms with Gasteiger partial charge in [0.15, 0.2) is 5.78 Å². The number of carbonyl (C=O) groups is 1. The Bertz CT molecular complexity index is 435. The molecule has 1 aliphatic carbocycles. The molecule has 0 unspecified atom stereocenters. The number of nitrogens with zero attached hydrogens (tertiary/aromatic N) is 1. The summed E-state index contributed by atoms with van der Waals surface area (Å²) in [5, 5.41) is 0. The van der Waals surface area contributed by atoms with Gasteiger partial charge in [-0.15, -0.1) is 0 Å². The van der Waals surface area contributed by atoms with Gasteiger partial charge in [0.25, 0.3) is 0 Å². The number of aryl methyl sites for hydroxylation is 2. The van der Waals surface area contributed by atoms with E-state index in [9.17, 15) is 4.79 Å². The lowest BCUT2D eigenvalue weighted by atomic mass is 10.0. The molecule has 1 aromatic rings. The third-order valence-electron chi connectivity index (χ3n) is 3.61. The first-order chi connectivity index (χ1) is 8.61. The molecule has 0 aliphatic heterocycles. The van der Waals surface area contributed by atoms with Crippen LogP contribution in [0.1, 0.15) is 47.7 Å². The molecule has 0 spiro atoms. The molecule has 0 amide bonds. The summed E-state index contributed by atoms with van der Waals surface area (Å²) in [5.41, 5.74) is 3.16. The van der Waals surface area contributed by atoms with Crippen molar-refractivity contribution in [1.29, 1.82) is 0 Å². The van der Waals surface area contributed by atoms with Crippen LogP contribution >= 0.6 is 0 Å². The second-order valence-corrected chi connectivity index (χ2v) is 5.44. The van der Waals surface area contributed by atoms with E-state index in [1.165, 1.54) is 12.8 Å². The van der Waals surface area contributed by atoms with E-state index in [0.717, 1.165) is 29.7 Å². The molecular weight excluding hydrogens is 222 g/mol. The Morgan fingerprint density at radius 1 is 1.33 bits per heavy atom. The topological polar surface area (TPSA) is 20.3 Å². The molecule has 1 aromatic carbocycles. The molecule has 0 N–H and O–H groups in total. The lowest BCUT2D eigenvalue weighted by Crippen LogP contribution is -2.32. The van der Waals surface area contributed by atoms with Gasteiger partial charge in [0.1, 0.15) is 0 Å². The molecule has 2 nitrogen and oxygen atoms in total. The molecule has 0 saturated heterocycles. The summed E-state index contributed by atoms with van der Waals surface area (Å²) in [6.45, 7) is 7.87. The van der Waals surface area contributed by atoms with Crippen LogP contribution in [0.5, 0.6) is 0 Å². The van der Waals surface area contributed by atoms with Crippen LogP contribution in [0.2, 0.25) is 0 Å². The van der Waals surface area contributed by atoms with Gasteiger partial charge in [0, 0.05) is 11.6 Å². The quantitative estimate of drug-likeness (QED) is 0.716. The van der Waals surface area contributed by atoms with Crippen molar-refractivity contribution in [3.63, 3.8) is 0 Å². The number of hydrogen-bond acceptors (Lipinski definition) is 2. The van der Waals surface area contributed by atoms with E-state index >= 15 is 0 Å². The lowest BCUT2D eigenvalue weighted by Gasteiger charge is -2.20. The highest BCUT2D eigenvalue weighted by molar-refractivity contribution is 5.99. The Kier molecular flexibility index (Phi) is 4.18. The molecule has 0 radical (unpaired) electrons. The lowest BCUT2D eigenvalue weighted by molar-refractivity contribution is 0.0924. The minimum Gasteiger partial charge on any atom is -0.293 e. The Balaban J connectivity index is 2.07. The Labute approximate surface area is 110 Å². The highest BCUT2D eigenvalue weighted by Gasteiger charge is 2.29. The Morgan fingerprint density at radius 2 is 2.06 bits per heavy atom. The average Bonchev–Trinajstić information content (AvgIpc) is 3.15. The molecule has 1 fully saturated rings. The maximum atomic E-state index is 12.4. The monoisotopic (exact) mass is 245 g/mol. The van der Waals surface area contributed by atoms with Gasteiger partial charge in [0.2, 0.25) is 0 Å². The van der Waals surface area contributed by atoms with Crippen LogP contribution in [0, 0.1) is 13.8 Å². The molecule has 0 bridgehead atoms. The van der Waals surface area contributed by atoms with E-state index in [0.29, 0.717) is 12.6 Å². The number of hydrogen-bond donors (Lipinski definition) is 0. The summed E-state index contributed by atoms with van der Waals surface area (Å²) < 4.78 is 0. The third-order valence-corrected chi connectivity index (χ3v) is 3.61. The normalized spacial score (nSPS) is 15.1. The number of carbonyl (C=O) groups excluding carboxylic acids is 1. The Morgan fingerprint density at radius 3 is 2.67 bits per heavy atom. The van der Waals surface area contributed by atoms with E-state index in [2.05, 4.69) is 17.9 Å². The van der Waals surface area contributed by atoms with Gasteiger partial charge < -0.3 is 0 Å². The van der Waals surface area contributed by atoms with E-state index in [1.54, 1.807) is 0 Å². The number of rotatable bonds is 6. The zero-order valence-electron chi connectivity index (χ0n) is 11.7. The summed E-state index contributed by atoms with van der Waals surface area (Å²) >= 11 is 0. The smallest absolute Gasteiger partial charge is 0.177 e. The van der Waals surface area contributed by atoms with Crippen LogP contribution in [-0.4, -0.2) is 29.8 Å². The second-order valence-electron chi connectivity index (χ2n) is 5.44. The number of benzene rings is 1. The van der Waals surface area contributed by atoms with Crippen molar-refractivity contribution in [3.05, 3.63) is 34.9 Å². The van der Waals surface area contributed by atoms with E-state index < -0.39 is 0 Å². The third kappa shape index (κ3) is 3.20. The molecule has 1 aliphatic rings. The predicted molar refractivity (Wildman–Crippen MR) is 75.1 cm³/mol. The van der Waals surface area contributed by atoms with Crippen molar-refractivity contribution in [2.45, 2.75) is 46.1 Å². The van der Waals surface area contributed by atoms with Gasteiger partial charge in [-0.1, -0.05) is 24.6 Å². The van der Waals surface area contributed by atoms with E-state index in [1.807, 2.05) is 26.0 Å². The van der Waals surface area contributed by atoms with Gasteiger partial charge in [-0.2, -0.15) is 0 Å². The van der Waals surface area contributed by atoms with Crippen LogP contribution in [0.25, 0.3) is 0 Å². The SMILES string of the molecule is CCCN(CC(=O)c1cc(C)ccc1C)C1CC1. The van der Waals surface area contributed by atoms with Crippen molar-refractivity contribution < 1.29 is 4.79 Å². The minimum atomic E-state index is 0.275. The first kappa shape index (κ1) is 13.3. The van der Waals surface area contributed by atoms with Crippen molar-refractivity contribution in [2.24, 2.45) is 0 Å². The molecule has 1 saturated carbocycles. The van der Waals surface area contributed by atoms with Crippen LogP contribution in [0.3, 0.4) is 0 Å². The summed E-state index contributed by atoms with van der Waals surface area (Å²) in [6, 6.07) is 6.80. The summed E-state index contributed by atoms with van der Waals surface area (Å²) in [7, 11) is 0. The average molecular weight is 245 g/mol. The number of ketones is 1. The maximum Gasteiger partial charge on any atom is 0.177 e. The second kappa shape index (κ2) is 5.66. The maximum absolute atomic E-state index is 12.4. The minimum absolute atomic E-state index is 0.275. The van der Waals surface area contributed by atoms with E-state index in [4.69, 9.17) is 0 Å². The van der Waals surface area contributed by atoms with Crippen molar-refractivity contribution >= 4 is 5.78 Å². The molecule has 0 heterocycles. The molecule has 18 heavy (non-hydrogen) atoms. The fourth-order valence-electron chi connectivity index (χ4n) is 2.42. The van der Waals surface area contributed by atoms with E-state index in [-0.39, 0.29) is 5.78 Å². The molecule has 2 rings (SSSR count). The fraction of sp³-hybridized carbons (Fsp3) is 0.562.